The van der Waals surface area contributed by atoms with Gasteiger partial charge in [0.1, 0.15) is 0 Å². The van der Waals surface area contributed by atoms with E-state index in [9.17, 15) is 4.79 Å². The van der Waals surface area contributed by atoms with Crippen LogP contribution in [0.15, 0.2) is 30.3 Å². The number of methoxy groups -OCH3 is 1. The summed E-state index contributed by atoms with van der Waals surface area (Å²) in [5.41, 5.74) is 1.20. The molecule has 0 spiro atoms. The molecule has 0 saturated carbocycles. The van der Waals surface area contributed by atoms with E-state index in [2.05, 4.69) is 9.58 Å². The number of thioether (sulfide) groups is 1. The van der Waals surface area contributed by atoms with Crippen LogP contribution in [0.4, 0.5) is 0 Å². The second-order valence-corrected chi connectivity index (χ2v) is 4.20. The number of benzene rings is 1. The van der Waals surface area contributed by atoms with Gasteiger partial charge in [0.05, 0.1) is 12.9 Å². The Morgan fingerprint density at radius 2 is 2.19 bits per heavy atom. The van der Waals surface area contributed by atoms with E-state index in [0.717, 1.165) is 5.75 Å². The lowest BCUT2D eigenvalue weighted by atomic mass is 10.2. The number of carbonyl (C=O) groups excluding carboxylic acids is 1. The largest absolute Gasteiger partial charge is 0.463 e. The van der Waals surface area contributed by atoms with E-state index in [1.54, 1.807) is 11.8 Å². The molecule has 1 rings (SSSR count). The maximum Gasteiger partial charge on any atom is 0.390 e. The van der Waals surface area contributed by atoms with Gasteiger partial charge in [-0.3, -0.25) is 0 Å². The Bertz CT molecular complexity index is 372. The quantitative estimate of drug-likeness (QED) is 0.580. The van der Waals surface area contributed by atoms with E-state index >= 15 is 0 Å². The first-order chi connectivity index (χ1) is 7.77. The third-order valence-electron chi connectivity index (χ3n) is 2.02. The van der Waals surface area contributed by atoms with Crippen LogP contribution in [0.3, 0.4) is 0 Å². The van der Waals surface area contributed by atoms with Gasteiger partial charge in [-0.05, 0) is 5.56 Å². The number of esters is 1. The highest BCUT2D eigenvalue weighted by Gasteiger charge is 2.23. The summed E-state index contributed by atoms with van der Waals surface area (Å²) in [5, 5.41) is 0. The van der Waals surface area contributed by atoms with Gasteiger partial charge in [0.25, 0.3) is 0 Å². The fourth-order valence-corrected chi connectivity index (χ4v) is 2.14. The number of carbonyl (C=O) groups is 1. The van der Waals surface area contributed by atoms with E-state index in [4.69, 9.17) is 6.57 Å². The Labute approximate surface area is 99.6 Å². The van der Waals surface area contributed by atoms with Crippen molar-refractivity contribution >= 4 is 17.7 Å². The molecular formula is C12H13NO2S. The minimum Gasteiger partial charge on any atom is -0.463 e. The molecule has 0 amide bonds. The standard InChI is InChI=1S/C12H13NO2S/c1-13-11(12(14)15-2)9-16-8-10-6-4-3-5-7-10/h3-7,11H,8-9H2,2H3/t11-/m0/s1. The summed E-state index contributed by atoms with van der Waals surface area (Å²) in [7, 11) is 1.31. The molecule has 0 radical (unpaired) electrons. The van der Waals surface area contributed by atoms with Crippen molar-refractivity contribution in [2.75, 3.05) is 12.9 Å². The summed E-state index contributed by atoms with van der Waals surface area (Å²) in [5.74, 6) is 0.838. The van der Waals surface area contributed by atoms with Crippen LogP contribution in [0.25, 0.3) is 4.85 Å². The van der Waals surface area contributed by atoms with Crippen LogP contribution < -0.4 is 0 Å². The molecule has 0 saturated heterocycles. The molecule has 0 aliphatic heterocycles. The summed E-state index contributed by atoms with van der Waals surface area (Å²) in [6, 6.07) is 9.28. The number of hydrogen-bond donors (Lipinski definition) is 0. The smallest absolute Gasteiger partial charge is 0.390 e. The van der Waals surface area contributed by atoms with Crippen molar-refractivity contribution < 1.29 is 9.53 Å². The van der Waals surface area contributed by atoms with Crippen LogP contribution in [-0.4, -0.2) is 24.9 Å². The zero-order valence-corrected chi connectivity index (χ0v) is 9.87. The predicted molar refractivity (Wildman–Crippen MR) is 65.0 cm³/mol. The fraction of sp³-hybridized carbons (Fsp3) is 0.333. The van der Waals surface area contributed by atoms with Crippen LogP contribution in [0.2, 0.25) is 0 Å². The first-order valence-corrected chi connectivity index (χ1v) is 5.99. The molecule has 1 atom stereocenters. The van der Waals surface area contributed by atoms with Crippen molar-refractivity contribution in [3.63, 3.8) is 0 Å². The molecule has 0 heterocycles. The minimum atomic E-state index is -0.682. The third kappa shape index (κ3) is 3.95. The third-order valence-corrected chi connectivity index (χ3v) is 3.11. The van der Waals surface area contributed by atoms with Gasteiger partial charge < -0.3 is 9.58 Å². The maximum absolute atomic E-state index is 11.1. The normalized spacial score (nSPS) is 11.5. The summed E-state index contributed by atoms with van der Waals surface area (Å²) >= 11 is 1.57. The highest BCUT2D eigenvalue weighted by atomic mass is 32.2. The second kappa shape index (κ2) is 6.91. The van der Waals surface area contributed by atoms with Gasteiger partial charge >= 0.3 is 12.0 Å². The van der Waals surface area contributed by atoms with Gasteiger partial charge in [0.15, 0.2) is 0 Å². The van der Waals surface area contributed by atoms with Gasteiger partial charge in [-0.2, -0.15) is 0 Å². The van der Waals surface area contributed by atoms with Gasteiger partial charge in [-0.1, -0.05) is 30.3 Å². The Balaban J connectivity index is 2.35. The van der Waals surface area contributed by atoms with Crippen LogP contribution in [0.5, 0.6) is 0 Å². The zero-order valence-electron chi connectivity index (χ0n) is 9.05. The fourth-order valence-electron chi connectivity index (χ4n) is 1.16. The maximum atomic E-state index is 11.1. The van der Waals surface area contributed by atoms with Crippen molar-refractivity contribution in [2.24, 2.45) is 0 Å². The molecule has 1 aromatic carbocycles. The molecule has 0 bridgehead atoms. The summed E-state index contributed by atoms with van der Waals surface area (Å²) in [4.78, 5) is 14.4. The molecule has 1 aromatic rings. The molecule has 4 heteroatoms. The van der Waals surface area contributed by atoms with Gasteiger partial charge in [0, 0.05) is 5.75 Å². The molecule has 16 heavy (non-hydrogen) atoms. The Hall–Kier alpha value is -1.47. The van der Waals surface area contributed by atoms with Crippen molar-refractivity contribution in [1.29, 1.82) is 0 Å². The molecule has 0 unspecified atom stereocenters. The molecule has 0 aromatic heterocycles. The van der Waals surface area contributed by atoms with Gasteiger partial charge in [-0.25, -0.2) is 11.4 Å². The molecule has 0 fully saturated rings. The van der Waals surface area contributed by atoms with E-state index in [0.29, 0.717) is 5.75 Å². The molecular weight excluding hydrogens is 222 g/mol. The lowest BCUT2D eigenvalue weighted by molar-refractivity contribution is -0.140. The average Bonchev–Trinajstić information content (AvgIpc) is 2.35. The van der Waals surface area contributed by atoms with Crippen LogP contribution in [0, 0.1) is 6.57 Å². The topological polar surface area (TPSA) is 30.7 Å². The number of hydrogen-bond acceptors (Lipinski definition) is 3. The van der Waals surface area contributed by atoms with E-state index < -0.39 is 12.0 Å². The lowest BCUT2D eigenvalue weighted by Crippen LogP contribution is -2.21. The molecule has 0 aliphatic carbocycles. The highest BCUT2D eigenvalue weighted by Crippen LogP contribution is 2.14. The van der Waals surface area contributed by atoms with E-state index in [-0.39, 0.29) is 0 Å². The van der Waals surface area contributed by atoms with E-state index in [1.807, 2.05) is 30.3 Å². The SMILES string of the molecule is [C-]#[N+][C@@H](CSCc1ccccc1)C(=O)OC. The Kier molecular flexibility index (Phi) is 5.44. The lowest BCUT2D eigenvalue weighted by Gasteiger charge is -2.03. The predicted octanol–water partition coefficient (Wildman–Crippen LogP) is 2.38. The number of rotatable bonds is 5. The average molecular weight is 235 g/mol. The highest BCUT2D eigenvalue weighted by molar-refractivity contribution is 7.98. The van der Waals surface area contributed by atoms with Gasteiger partial charge in [0.2, 0.25) is 0 Å². The number of ether oxygens (including phenoxy) is 1. The van der Waals surface area contributed by atoms with Crippen LogP contribution in [0.1, 0.15) is 5.56 Å². The zero-order chi connectivity index (χ0) is 11.8. The molecule has 0 N–H and O–H groups in total. The van der Waals surface area contributed by atoms with E-state index in [1.165, 1.54) is 12.7 Å². The van der Waals surface area contributed by atoms with Crippen molar-refractivity contribution in [2.45, 2.75) is 11.8 Å². The van der Waals surface area contributed by atoms with Gasteiger partial charge in [-0.15, -0.1) is 11.8 Å². The molecule has 84 valence electrons. The van der Waals surface area contributed by atoms with Crippen LogP contribution >= 0.6 is 11.8 Å². The Morgan fingerprint density at radius 3 is 2.75 bits per heavy atom. The first-order valence-electron chi connectivity index (χ1n) is 4.84. The number of nitrogens with zero attached hydrogens (tertiary/aromatic N) is 1. The Morgan fingerprint density at radius 1 is 1.50 bits per heavy atom. The second-order valence-electron chi connectivity index (χ2n) is 3.17. The van der Waals surface area contributed by atoms with Crippen molar-refractivity contribution in [1.82, 2.24) is 0 Å². The summed E-state index contributed by atoms with van der Waals surface area (Å²) < 4.78 is 4.54. The summed E-state index contributed by atoms with van der Waals surface area (Å²) in [6.07, 6.45) is 0. The summed E-state index contributed by atoms with van der Waals surface area (Å²) in [6.45, 7) is 6.89. The van der Waals surface area contributed by atoms with Crippen LogP contribution in [-0.2, 0) is 15.3 Å². The van der Waals surface area contributed by atoms with Crippen molar-refractivity contribution in [3.05, 3.63) is 47.3 Å². The molecule has 3 nitrogen and oxygen atoms in total. The van der Waals surface area contributed by atoms with Crippen molar-refractivity contribution in [3.8, 4) is 0 Å². The first kappa shape index (κ1) is 12.6. The minimum absolute atomic E-state index is 0.449. The monoisotopic (exact) mass is 235 g/mol. The molecule has 0 aliphatic rings.